The molecule has 8 aromatic carbocycles. The molecule has 0 unspecified atom stereocenters. The molecular weight excluding hydrogens is 1740 g/mol. The van der Waals surface area contributed by atoms with Crippen LogP contribution in [0.15, 0.2) is 248 Å². The molecule has 0 spiro atoms. The van der Waals surface area contributed by atoms with Crippen LogP contribution in [-0.4, -0.2) is 114 Å². The molecule has 0 saturated heterocycles. The van der Waals surface area contributed by atoms with Crippen molar-refractivity contribution in [1.29, 1.82) is 0 Å². The first-order valence-electron chi connectivity index (χ1n) is 42.5. The van der Waals surface area contributed by atoms with E-state index in [2.05, 4.69) is 74.8 Å². The Kier molecular flexibility index (Phi) is 37.2. The largest absolute Gasteiger partial charge is 1.00 e. The molecule has 4 aromatic heterocycles. The quantitative estimate of drug-likeness (QED) is 0.0194. The van der Waals surface area contributed by atoms with E-state index in [0.717, 1.165) is 113 Å². The Morgan fingerprint density at radius 2 is 0.780 bits per heavy atom. The maximum absolute atomic E-state index is 13.0. The summed E-state index contributed by atoms with van der Waals surface area (Å²) >= 11 is 0. The summed E-state index contributed by atoms with van der Waals surface area (Å²) in [6, 6.07) is 68.2. The van der Waals surface area contributed by atoms with Crippen LogP contribution in [-0.2, 0) is 140 Å². The van der Waals surface area contributed by atoms with Gasteiger partial charge in [0.2, 0.25) is 29.5 Å². The molecule has 30 nitrogen and oxygen atoms in total. The van der Waals surface area contributed by atoms with Crippen molar-refractivity contribution in [2.45, 2.75) is 123 Å². The number of aromatic hydroxyl groups is 1. The standard InChI is InChI=1S/C25H23N3O4.C25H23N3O3.C17H17N3O2.C17H17NO3.C8H7FN2O.C6H5NO.CH2O3.2K.H/c29-23-9-8-21-22(10-12-26-24(21)27-23)32-20-7-6-18-11-13-28(15-19(18)14-20)25(30)31-16-17-4-2-1-3-5-17;29-23-9-8-21-22(10-12-26-25(21)27-23)31-20-7-6-18-11-13-28(16-19(18)15-20)24(30)14-17-4-2-1-3-5-17;21-16-4-3-14-15(6-8-19-17(14)20-16)22-13-2-1-11-5-7-18-10-12(11)9-13;19-16-7-6-14-8-9-18(11-15(14)10-16)17(20)21-12-13-4-2-1-3-5-13;9-6-3-4-10-8-5(6)1-2-7(12)11-8;8-7-6-4-2-1-3-5-6;2-1-4-3;;;/h1-7,10,12,14H,8-9,11,13,15-16H2,(H,26,27,29);1-7,10,12,15H,8-9,11,13-14,16H2,(H,26,27,29);1-2,6,8-9,18H,3-5,7,10H2,(H,19,20,21);1-7,10,19H,8-9,11-12H2;3-4H,1-2H2,(H,10,11,12);1-5H;1,3H;;;/q;;;;;;;2*+1;-1/p-1. The van der Waals surface area contributed by atoms with Crippen molar-refractivity contribution >= 4 is 77.2 Å². The molecule has 6 N–H and O–H groups in total. The summed E-state index contributed by atoms with van der Waals surface area (Å²) in [5.41, 5.74) is 16.2. The number of anilines is 4. The van der Waals surface area contributed by atoms with Gasteiger partial charge in [0.1, 0.15) is 88.2 Å². The third-order valence-corrected chi connectivity index (χ3v) is 22.2. The van der Waals surface area contributed by atoms with E-state index in [-0.39, 0.29) is 177 Å². The second-order valence-electron chi connectivity index (χ2n) is 31.0. The first-order valence-corrected chi connectivity index (χ1v) is 42.5. The molecule has 666 valence electrons. The zero-order valence-corrected chi connectivity index (χ0v) is 79.1. The molecule has 7 amide bonds. The van der Waals surface area contributed by atoms with Gasteiger partial charge >= 0.3 is 115 Å². The first kappa shape index (κ1) is 98.7. The van der Waals surface area contributed by atoms with Gasteiger partial charge in [-0.25, -0.2) is 33.9 Å². The van der Waals surface area contributed by atoms with Crippen molar-refractivity contribution in [2.75, 3.05) is 47.4 Å². The molecule has 0 aliphatic carbocycles. The molecule has 0 radical (unpaired) electrons. The van der Waals surface area contributed by atoms with E-state index < -0.39 is 0 Å². The van der Waals surface area contributed by atoms with Crippen LogP contribution in [0.1, 0.15) is 111 Å². The molecule has 12 heterocycles. The van der Waals surface area contributed by atoms with Gasteiger partial charge in [-0.2, -0.15) is 0 Å². The van der Waals surface area contributed by atoms with Crippen LogP contribution in [0.3, 0.4) is 0 Å². The zero-order valence-electron chi connectivity index (χ0n) is 73.9. The number of nitrogens with one attached hydrogen (secondary N) is 5. The third-order valence-electron chi connectivity index (χ3n) is 22.2. The number of pyridine rings is 4. The Morgan fingerprint density at radius 3 is 1.20 bits per heavy atom. The topological polar surface area (TPSA) is 386 Å². The van der Waals surface area contributed by atoms with E-state index in [1.54, 1.807) is 64.8 Å². The second kappa shape index (κ2) is 49.8. The number of carbonyl (C=O) groups excluding carboxylic acids is 8. The first-order chi connectivity index (χ1) is 63.4. The van der Waals surface area contributed by atoms with Crippen LogP contribution in [0.25, 0.3) is 0 Å². The summed E-state index contributed by atoms with van der Waals surface area (Å²) in [4.78, 5) is 126. The van der Waals surface area contributed by atoms with E-state index >= 15 is 0 Å². The second-order valence-corrected chi connectivity index (χ2v) is 31.0. The molecule has 0 atom stereocenters. The number of ether oxygens (including phenoxy) is 5. The van der Waals surface area contributed by atoms with Gasteiger partial charge in [0.15, 0.2) is 0 Å². The maximum Gasteiger partial charge on any atom is 1.00 e. The van der Waals surface area contributed by atoms with Crippen molar-refractivity contribution in [1.82, 2.24) is 40.0 Å². The van der Waals surface area contributed by atoms with E-state index in [1.165, 1.54) is 40.1 Å². The van der Waals surface area contributed by atoms with Crippen molar-refractivity contribution in [3.8, 4) is 40.2 Å². The smallest absolute Gasteiger partial charge is 1.00 e. The average molecular weight is 1840 g/mol. The predicted molar refractivity (Wildman–Crippen MR) is 479 cm³/mol. The van der Waals surface area contributed by atoms with Crippen molar-refractivity contribution < 1.29 is 186 Å². The summed E-state index contributed by atoms with van der Waals surface area (Å²) in [7, 11) is 0. The number of nitroso groups, excluding NO2 is 1. The minimum atomic E-state index is -0.315. The van der Waals surface area contributed by atoms with Gasteiger partial charge in [-0.05, 0) is 209 Å². The van der Waals surface area contributed by atoms with Crippen LogP contribution in [0, 0.1) is 10.7 Å². The van der Waals surface area contributed by atoms with E-state index in [1.807, 2.05) is 163 Å². The Bertz CT molecular complexity index is 6070. The van der Waals surface area contributed by atoms with Crippen LogP contribution >= 0.6 is 0 Å². The number of fused-ring (bicyclic) bond motifs is 8. The third kappa shape index (κ3) is 28.1. The van der Waals surface area contributed by atoms with Crippen LogP contribution in [0.4, 0.5) is 42.9 Å². The van der Waals surface area contributed by atoms with Crippen molar-refractivity contribution in [3.05, 3.63) is 337 Å². The Labute approximate surface area is 847 Å². The molecule has 132 heavy (non-hydrogen) atoms. The fraction of sp³-hybridized carbons (Fsp3) is 0.232. The summed E-state index contributed by atoms with van der Waals surface area (Å²) in [5, 5.41) is 35.0. The number of amides is 7. The van der Waals surface area contributed by atoms with Gasteiger partial charge in [0, 0.05) is 119 Å². The minimum absolute atomic E-state index is 0. The van der Waals surface area contributed by atoms with Gasteiger partial charge < -0.3 is 81.6 Å². The predicted octanol–water partition coefficient (Wildman–Crippen LogP) is 9.58. The van der Waals surface area contributed by atoms with Gasteiger partial charge in [-0.15, -0.1) is 4.91 Å². The minimum Gasteiger partial charge on any atom is -1.00 e. The number of hydrogen-bond donors (Lipinski definition) is 6. The molecule has 0 fully saturated rings. The van der Waals surface area contributed by atoms with Crippen LogP contribution in [0.5, 0.6) is 40.2 Å². The Balaban J connectivity index is 0.000000158. The van der Waals surface area contributed by atoms with E-state index in [4.69, 9.17) is 33.7 Å². The van der Waals surface area contributed by atoms with Gasteiger partial charge in [-0.3, -0.25) is 28.8 Å². The van der Waals surface area contributed by atoms with E-state index in [0.29, 0.717) is 142 Å². The number of carbonyl (C=O) groups is 8. The molecule has 0 bridgehead atoms. The molecule has 33 heteroatoms. The number of hydrogen-bond acceptors (Lipinski definition) is 23. The number of nitrogens with zero attached hydrogens (tertiary/aromatic N) is 8. The molecule has 0 saturated carbocycles. The number of rotatable bonds is 14. The fourth-order valence-electron chi connectivity index (χ4n) is 15.5. The van der Waals surface area contributed by atoms with Gasteiger partial charge in [-0.1, -0.05) is 133 Å². The molecule has 12 aromatic rings. The fourth-order valence-corrected chi connectivity index (χ4v) is 15.5. The molecule has 8 aliphatic rings. The monoisotopic (exact) mass is 1830 g/mol. The zero-order chi connectivity index (χ0) is 90.5. The maximum atomic E-state index is 13.0. The average Bonchev–Trinajstić information content (AvgIpc) is 0.814. The van der Waals surface area contributed by atoms with Gasteiger partial charge in [0.25, 0.3) is 6.47 Å². The Morgan fingerprint density at radius 1 is 0.424 bits per heavy atom. The van der Waals surface area contributed by atoms with Crippen LogP contribution < -0.4 is 149 Å². The molecular formula is C99H94FK2N13O17. The van der Waals surface area contributed by atoms with Crippen LogP contribution in [0.2, 0.25) is 0 Å². The summed E-state index contributed by atoms with van der Waals surface area (Å²) < 4.78 is 42.2. The molecule has 20 rings (SSSR count). The van der Waals surface area contributed by atoms with Crippen molar-refractivity contribution in [2.24, 2.45) is 5.18 Å². The summed E-state index contributed by atoms with van der Waals surface area (Å²) in [6.45, 7) is 5.83. The summed E-state index contributed by atoms with van der Waals surface area (Å²) in [6.07, 6.45) is 13.5. The normalized spacial score (nSPS) is 14.1. The number of phenols is 1. The SMILES string of the molecule is O=C(OCc1ccccc1)N1CCc2ccc(O)cc2C1.O=C1CCc2c(F)ccnc2N1.O=C1CCc2c(Oc3ccc4c(c3)CN(C(=O)Cc3ccccc3)CC4)ccnc2N1.O=C1CCc2c(Oc3ccc4c(c3)CN(C(=O)OCc3ccccc3)CC4)ccnc2N1.O=C1CCc2c(Oc3ccc4c(c3)CNCC4)ccnc2N1.O=CO[O-].O=Nc1ccccc1.[H-].[K+].[K+]. The molecule has 8 aliphatic heterocycles. The Hall–Kier alpha value is -12.4. The number of phenolic OH excluding ortho intramolecular Hbond substituents is 1. The summed E-state index contributed by atoms with van der Waals surface area (Å²) in [5.74, 6) is 6.46. The number of aromatic nitrogens is 4. The van der Waals surface area contributed by atoms with Gasteiger partial charge in [0.05, 0.1) is 6.42 Å². The van der Waals surface area contributed by atoms with Crippen molar-refractivity contribution in [3.63, 3.8) is 0 Å². The van der Waals surface area contributed by atoms with E-state index in [9.17, 15) is 48.0 Å². The number of halogens is 1. The number of benzene rings is 8.